The molecule has 21 heavy (non-hydrogen) atoms. The summed E-state index contributed by atoms with van der Waals surface area (Å²) in [4.78, 5) is 16.4. The van der Waals surface area contributed by atoms with Crippen LogP contribution in [0.2, 0.25) is 0 Å². The maximum atomic E-state index is 12.6. The van der Waals surface area contributed by atoms with Gasteiger partial charge in [0.15, 0.2) is 0 Å². The number of methoxy groups -OCH3 is 1. The molecule has 0 radical (unpaired) electrons. The van der Waals surface area contributed by atoms with Gasteiger partial charge in [0.05, 0.1) is 19.6 Å². The topological polar surface area (TPSA) is 53.0 Å². The summed E-state index contributed by atoms with van der Waals surface area (Å²) in [5.74, 6) is 0.776. The molecule has 0 saturated carbocycles. The van der Waals surface area contributed by atoms with E-state index in [4.69, 9.17) is 4.74 Å². The highest BCUT2D eigenvalue weighted by Gasteiger charge is 2.34. The van der Waals surface area contributed by atoms with Crippen LogP contribution >= 0.6 is 0 Å². The maximum Gasteiger partial charge on any atom is 0.227 e. The number of aliphatic hydroxyl groups is 1. The summed E-state index contributed by atoms with van der Waals surface area (Å²) in [5, 5.41) is 9.86. The van der Waals surface area contributed by atoms with Crippen molar-refractivity contribution >= 4 is 5.91 Å². The van der Waals surface area contributed by atoms with E-state index in [9.17, 15) is 9.90 Å². The molecule has 1 amide bonds. The van der Waals surface area contributed by atoms with Crippen molar-refractivity contribution in [3.8, 4) is 5.75 Å². The van der Waals surface area contributed by atoms with Gasteiger partial charge in [-0.2, -0.15) is 0 Å². The van der Waals surface area contributed by atoms with Crippen molar-refractivity contribution in [3.05, 3.63) is 29.8 Å². The Balaban J connectivity index is 2.08. The molecule has 2 rings (SSSR count). The fourth-order valence-electron chi connectivity index (χ4n) is 2.91. The van der Waals surface area contributed by atoms with Crippen molar-refractivity contribution in [1.29, 1.82) is 0 Å². The van der Waals surface area contributed by atoms with Gasteiger partial charge in [0.2, 0.25) is 5.91 Å². The molecule has 1 heterocycles. The summed E-state index contributed by atoms with van der Waals surface area (Å²) >= 11 is 0. The predicted octanol–water partition coefficient (Wildman–Crippen LogP) is 0.761. The SMILES string of the molecule is COc1ccccc1CC(=O)N1CC(O)CC1CN(C)C. The molecule has 2 unspecified atom stereocenters. The van der Waals surface area contributed by atoms with Crippen molar-refractivity contribution < 1.29 is 14.6 Å². The van der Waals surface area contributed by atoms with E-state index in [1.807, 2.05) is 43.3 Å². The average Bonchev–Trinajstić information content (AvgIpc) is 2.79. The zero-order valence-corrected chi connectivity index (χ0v) is 13.0. The molecule has 1 fully saturated rings. The molecule has 5 nitrogen and oxygen atoms in total. The molecule has 5 heteroatoms. The molecular formula is C16H24N2O3. The molecule has 1 aliphatic rings. The largest absolute Gasteiger partial charge is 0.496 e. The minimum Gasteiger partial charge on any atom is -0.496 e. The van der Waals surface area contributed by atoms with Crippen molar-refractivity contribution in [2.75, 3.05) is 34.3 Å². The summed E-state index contributed by atoms with van der Waals surface area (Å²) in [5.41, 5.74) is 0.884. The Morgan fingerprint density at radius 2 is 2.14 bits per heavy atom. The van der Waals surface area contributed by atoms with E-state index >= 15 is 0 Å². The fraction of sp³-hybridized carbons (Fsp3) is 0.562. The van der Waals surface area contributed by atoms with E-state index in [1.165, 1.54) is 0 Å². The van der Waals surface area contributed by atoms with Crippen molar-refractivity contribution in [1.82, 2.24) is 9.80 Å². The van der Waals surface area contributed by atoms with Crippen LogP contribution in [0, 0.1) is 0 Å². The summed E-state index contributed by atoms with van der Waals surface area (Å²) in [7, 11) is 5.57. The molecule has 0 aromatic heterocycles. The minimum absolute atomic E-state index is 0.0444. The van der Waals surface area contributed by atoms with Gasteiger partial charge >= 0.3 is 0 Å². The third-order valence-electron chi connectivity index (χ3n) is 3.82. The van der Waals surface area contributed by atoms with Gasteiger partial charge in [0.25, 0.3) is 0 Å². The number of hydrogen-bond acceptors (Lipinski definition) is 4. The summed E-state index contributed by atoms with van der Waals surface area (Å²) in [6.45, 7) is 1.20. The van der Waals surface area contributed by atoms with E-state index in [0.29, 0.717) is 19.4 Å². The van der Waals surface area contributed by atoms with Crippen LogP contribution in [0.3, 0.4) is 0 Å². The van der Waals surface area contributed by atoms with Crippen LogP contribution in [0.4, 0.5) is 0 Å². The maximum absolute atomic E-state index is 12.6. The van der Waals surface area contributed by atoms with Crippen LogP contribution < -0.4 is 4.74 Å². The molecule has 0 aliphatic carbocycles. The van der Waals surface area contributed by atoms with E-state index in [0.717, 1.165) is 17.9 Å². The number of nitrogens with zero attached hydrogens (tertiary/aromatic N) is 2. The summed E-state index contributed by atoms with van der Waals surface area (Å²) < 4.78 is 5.29. The first-order valence-electron chi connectivity index (χ1n) is 7.25. The Kier molecular flexibility index (Phi) is 5.20. The van der Waals surface area contributed by atoms with Crippen LogP contribution in [0.5, 0.6) is 5.75 Å². The van der Waals surface area contributed by atoms with Crippen LogP contribution in [0.15, 0.2) is 24.3 Å². The number of para-hydroxylation sites is 1. The molecular weight excluding hydrogens is 268 g/mol. The Hall–Kier alpha value is -1.59. The fourth-order valence-corrected chi connectivity index (χ4v) is 2.91. The molecule has 1 aliphatic heterocycles. The third kappa shape index (κ3) is 3.95. The number of rotatable bonds is 5. The van der Waals surface area contributed by atoms with Gasteiger partial charge in [0.1, 0.15) is 5.75 Å². The van der Waals surface area contributed by atoms with Gasteiger partial charge in [0, 0.05) is 24.7 Å². The third-order valence-corrected chi connectivity index (χ3v) is 3.82. The number of likely N-dealkylation sites (tertiary alicyclic amines) is 1. The van der Waals surface area contributed by atoms with Gasteiger partial charge in [-0.3, -0.25) is 4.79 Å². The lowest BCUT2D eigenvalue weighted by atomic mass is 10.1. The number of likely N-dealkylation sites (N-methyl/N-ethyl adjacent to an activating group) is 1. The van der Waals surface area contributed by atoms with Gasteiger partial charge in [-0.1, -0.05) is 18.2 Å². The van der Waals surface area contributed by atoms with E-state index in [2.05, 4.69) is 0 Å². The summed E-state index contributed by atoms with van der Waals surface area (Å²) in [6.07, 6.45) is 0.535. The first-order valence-corrected chi connectivity index (χ1v) is 7.25. The molecule has 2 atom stereocenters. The van der Waals surface area contributed by atoms with Crippen LogP contribution in [0.25, 0.3) is 0 Å². The number of carbonyl (C=O) groups excluding carboxylic acids is 1. The predicted molar refractivity (Wildman–Crippen MR) is 81.4 cm³/mol. The molecule has 0 bridgehead atoms. The van der Waals surface area contributed by atoms with Gasteiger partial charge in [-0.05, 0) is 26.6 Å². The lowest BCUT2D eigenvalue weighted by Crippen LogP contribution is -2.42. The lowest BCUT2D eigenvalue weighted by Gasteiger charge is -2.27. The Morgan fingerprint density at radius 1 is 1.43 bits per heavy atom. The number of aliphatic hydroxyl groups excluding tert-OH is 1. The van der Waals surface area contributed by atoms with Crippen molar-refractivity contribution in [2.24, 2.45) is 0 Å². The number of carbonyl (C=O) groups is 1. The molecule has 1 aromatic carbocycles. The highest BCUT2D eigenvalue weighted by molar-refractivity contribution is 5.80. The second-order valence-electron chi connectivity index (χ2n) is 5.84. The second kappa shape index (κ2) is 6.91. The van der Waals surface area contributed by atoms with Gasteiger partial charge in [-0.25, -0.2) is 0 Å². The monoisotopic (exact) mass is 292 g/mol. The number of β-amino-alcohol motifs (C(OH)–C–C–N with tert-alkyl or cyclic N) is 1. The lowest BCUT2D eigenvalue weighted by molar-refractivity contribution is -0.131. The number of amides is 1. The second-order valence-corrected chi connectivity index (χ2v) is 5.84. The van der Waals surface area contributed by atoms with E-state index < -0.39 is 6.10 Å². The smallest absolute Gasteiger partial charge is 0.227 e. The van der Waals surface area contributed by atoms with Crippen LogP contribution in [-0.2, 0) is 11.2 Å². The van der Waals surface area contributed by atoms with E-state index in [1.54, 1.807) is 12.0 Å². The van der Waals surface area contributed by atoms with E-state index in [-0.39, 0.29) is 11.9 Å². The Morgan fingerprint density at radius 3 is 2.81 bits per heavy atom. The molecule has 0 spiro atoms. The molecule has 116 valence electrons. The van der Waals surface area contributed by atoms with Crippen molar-refractivity contribution in [3.63, 3.8) is 0 Å². The first-order chi connectivity index (χ1) is 10.0. The van der Waals surface area contributed by atoms with Gasteiger partial charge in [-0.15, -0.1) is 0 Å². The highest BCUT2D eigenvalue weighted by Crippen LogP contribution is 2.23. The number of hydrogen-bond donors (Lipinski definition) is 1. The molecule has 1 N–H and O–H groups in total. The number of ether oxygens (including phenoxy) is 1. The van der Waals surface area contributed by atoms with Gasteiger partial charge < -0.3 is 19.6 Å². The zero-order chi connectivity index (χ0) is 15.4. The normalized spacial score (nSPS) is 21.9. The van der Waals surface area contributed by atoms with Crippen LogP contribution in [-0.4, -0.2) is 67.3 Å². The average molecular weight is 292 g/mol. The minimum atomic E-state index is -0.420. The Labute approximate surface area is 126 Å². The first kappa shape index (κ1) is 15.8. The molecule has 1 saturated heterocycles. The number of benzene rings is 1. The van der Waals surface area contributed by atoms with Crippen LogP contribution in [0.1, 0.15) is 12.0 Å². The van der Waals surface area contributed by atoms with Crippen molar-refractivity contribution in [2.45, 2.75) is 25.0 Å². The zero-order valence-electron chi connectivity index (χ0n) is 13.0. The standard InChI is InChI=1S/C16H24N2O3/c1-17(2)10-13-9-14(19)11-18(13)16(20)8-12-6-4-5-7-15(12)21-3/h4-7,13-14,19H,8-11H2,1-3H3. The summed E-state index contributed by atoms with van der Waals surface area (Å²) in [6, 6.07) is 7.64. The molecule has 1 aromatic rings. The quantitative estimate of drug-likeness (QED) is 0.870. The Bertz CT molecular complexity index is 490. The highest BCUT2D eigenvalue weighted by atomic mass is 16.5.